The first kappa shape index (κ1) is 35.2. The lowest BCUT2D eigenvalue weighted by Gasteiger charge is -2.40. The lowest BCUT2D eigenvalue weighted by atomic mass is 9.64. The Hall–Kier alpha value is -1.69. The maximum atomic E-state index is 13.8. The topological polar surface area (TPSA) is 138 Å². The molecule has 0 aromatic heterocycles. The molecule has 4 aliphatic rings. The Morgan fingerprint density at radius 1 is 0.955 bits per heavy atom. The molecule has 3 aliphatic carbocycles. The summed E-state index contributed by atoms with van der Waals surface area (Å²) in [5.41, 5.74) is 0.533. The molecule has 44 heavy (non-hydrogen) atoms. The number of cyclic esters (lactones) is 1. The van der Waals surface area contributed by atoms with Gasteiger partial charge in [0.1, 0.15) is 24.4 Å². The normalized spacial score (nSPS) is 37.5. The average molecular weight is 623 g/mol. The second kappa shape index (κ2) is 15.3. The number of allylic oxidation sites excluding steroid dienone is 2. The quantitative estimate of drug-likeness (QED) is 0.274. The molecule has 0 spiro atoms. The van der Waals surface area contributed by atoms with Gasteiger partial charge in [0.05, 0.1) is 18.6 Å². The third kappa shape index (κ3) is 7.15. The fourth-order valence-corrected chi connectivity index (χ4v) is 8.48. The van der Waals surface area contributed by atoms with Gasteiger partial charge in [-0.1, -0.05) is 40.2 Å². The van der Waals surface area contributed by atoms with Gasteiger partial charge < -0.3 is 33.9 Å². The minimum Gasteiger partial charge on any atom is -0.462 e. The van der Waals surface area contributed by atoms with Crippen LogP contribution < -0.4 is 0 Å². The van der Waals surface area contributed by atoms with E-state index in [-0.39, 0.29) is 59.8 Å². The van der Waals surface area contributed by atoms with Gasteiger partial charge in [-0.2, -0.15) is 0 Å². The Bertz CT molecular complexity index is 1040. The smallest absolute Gasteiger partial charge is 0.306 e. The van der Waals surface area contributed by atoms with Crippen molar-refractivity contribution in [3.05, 3.63) is 11.6 Å². The van der Waals surface area contributed by atoms with Crippen molar-refractivity contribution in [3.8, 4) is 0 Å². The molecule has 0 aromatic carbocycles. The molecule has 10 heteroatoms. The number of ether oxygens (including phenoxy) is 5. The Kier molecular flexibility index (Phi) is 12.2. The molecule has 0 radical (unpaired) electrons. The molecule has 2 saturated carbocycles. The zero-order valence-corrected chi connectivity index (χ0v) is 27.5. The molecule has 4 rings (SSSR count). The number of fused-ring (bicyclic) bond motifs is 5. The van der Waals surface area contributed by atoms with E-state index in [1.807, 2.05) is 33.8 Å². The first-order chi connectivity index (χ1) is 21.0. The monoisotopic (exact) mass is 622 g/mol. The molecule has 10 nitrogen and oxygen atoms in total. The first-order valence-corrected chi connectivity index (χ1v) is 16.6. The van der Waals surface area contributed by atoms with Crippen molar-refractivity contribution in [3.63, 3.8) is 0 Å². The van der Waals surface area contributed by atoms with Crippen molar-refractivity contribution >= 4 is 17.5 Å². The van der Waals surface area contributed by atoms with Gasteiger partial charge in [0.15, 0.2) is 17.9 Å². The molecule has 13 atom stereocenters. The van der Waals surface area contributed by atoms with Crippen LogP contribution in [0.1, 0.15) is 79.1 Å². The van der Waals surface area contributed by atoms with Gasteiger partial charge in [-0.05, 0) is 67.8 Å². The minimum atomic E-state index is -1.34. The van der Waals surface area contributed by atoms with E-state index in [4.69, 9.17) is 23.7 Å². The Balaban J connectivity index is 1.57. The maximum absolute atomic E-state index is 13.8. The molecule has 2 N–H and O–H groups in total. The number of methoxy groups -OCH3 is 3. The maximum Gasteiger partial charge on any atom is 0.306 e. The number of aliphatic hydroxyl groups is 2. The lowest BCUT2D eigenvalue weighted by molar-refractivity contribution is -0.236. The number of carbonyl (C=O) groups excluding carboxylic acids is 3. The van der Waals surface area contributed by atoms with E-state index in [0.717, 1.165) is 25.7 Å². The molecule has 1 aliphatic heterocycles. The van der Waals surface area contributed by atoms with Crippen molar-refractivity contribution < 1.29 is 48.3 Å². The zero-order chi connectivity index (χ0) is 32.3. The van der Waals surface area contributed by atoms with Gasteiger partial charge in [0, 0.05) is 39.1 Å². The Morgan fingerprint density at radius 3 is 2.20 bits per heavy atom. The molecule has 1 saturated heterocycles. The summed E-state index contributed by atoms with van der Waals surface area (Å²) in [5, 5.41) is 22.5. The van der Waals surface area contributed by atoms with E-state index >= 15 is 0 Å². The van der Waals surface area contributed by atoms with Crippen LogP contribution in [0.5, 0.6) is 0 Å². The van der Waals surface area contributed by atoms with Gasteiger partial charge >= 0.3 is 5.97 Å². The molecule has 0 amide bonds. The molecule has 5 unspecified atom stereocenters. The number of hydrogen-bond donors (Lipinski definition) is 2. The fourth-order valence-electron chi connectivity index (χ4n) is 8.48. The van der Waals surface area contributed by atoms with Gasteiger partial charge in [0.2, 0.25) is 0 Å². The highest BCUT2D eigenvalue weighted by Crippen LogP contribution is 2.55. The van der Waals surface area contributed by atoms with Crippen molar-refractivity contribution in [2.45, 2.75) is 122 Å². The van der Waals surface area contributed by atoms with Crippen LogP contribution in [0.25, 0.3) is 0 Å². The Morgan fingerprint density at radius 2 is 1.59 bits per heavy atom. The Labute approximate surface area is 262 Å². The molecule has 0 bridgehead atoms. The first-order valence-electron chi connectivity index (χ1n) is 16.6. The predicted octanol–water partition coefficient (Wildman–Crippen LogP) is 3.64. The average Bonchev–Trinajstić information content (AvgIpc) is 3.57. The van der Waals surface area contributed by atoms with E-state index in [0.29, 0.717) is 24.8 Å². The SMILES string of the molecule is CC[C@H]1CCCC[C@@H](C)C(=O)C2=C[C@@H]3[C@@H](C(=O)[C@H](O)C4C[C@@H](OC(O)C(OC)C(OC)C(OC)C(C)C)C[C@H]43)[C@@H]2CC(=O)O1. The summed E-state index contributed by atoms with van der Waals surface area (Å²) < 4.78 is 28.9. The van der Waals surface area contributed by atoms with E-state index in [9.17, 15) is 24.6 Å². The summed E-state index contributed by atoms with van der Waals surface area (Å²) in [4.78, 5) is 40.7. The fraction of sp³-hybridized carbons (Fsp3) is 0.853. The second-order valence-electron chi connectivity index (χ2n) is 13.7. The summed E-state index contributed by atoms with van der Waals surface area (Å²) >= 11 is 0. The van der Waals surface area contributed by atoms with E-state index in [1.165, 1.54) is 14.2 Å². The van der Waals surface area contributed by atoms with Crippen LogP contribution in [0.15, 0.2) is 11.6 Å². The third-order valence-corrected chi connectivity index (χ3v) is 10.8. The van der Waals surface area contributed by atoms with E-state index in [2.05, 4.69) is 0 Å². The van der Waals surface area contributed by atoms with Crippen molar-refractivity contribution in [2.24, 2.45) is 41.4 Å². The standard InChI is InChI=1S/C34H54O10/c1-8-19-12-10-9-11-18(4)28(36)25-15-22-21-13-20(44-34(39)33(42-7)32(41-6)31(40-5)17(2)3)14-24(21)29(37)30(38)27(22)23(25)16-26(35)43-19/h15,17-24,27,29,31-34,37,39H,8-14,16H2,1-7H3/t18-,19+,20+,21+,22+,23-,24?,27-,29-,31?,32?,33?,34?/m1/s1. The molecule has 250 valence electrons. The number of Topliss-reactive ketones (excluding diaryl/α,β-unsaturated/α-hetero) is 2. The molecule has 1 heterocycles. The van der Waals surface area contributed by atoms with Gasteiger partial charge in [-0.15, -0.1) is 0 Å². The second-order valence-corrected chi connectivity index (χ2v) is 13.7. The highest BCUT2D eigenvalue weighted by Gasteiger charge is 2.59. The highest BCUT2D eigenvalue weighted by molar-refractivity contribution is 6.01. The number of aliphatic hydroxyl groups excluding tert-OH is 2. The lowest BCUT2D eigenvalue weighted by Crippen LogP contribution is -2.50. The summed E-state index contributed by atoms with van der Waals surface area (Å²) in [6.07, 6.45) is 1.71. The van der Waals surface area contributed by atoms with Crippen LogP contribution >= 0.6 is 0 Å². The van der Waals surface area contributed by atoms with Gasteiger partial charge in [-0.25, -0.2) is 0 Å². The number of carbonyl (C=O) groups is 3. The number of rotatable bonds is 10. The van der Waals surface area contributed by atoms with Crippen LogP contribution in [-0.4, -0.2) is 92.0 Å². The van der Waals surface area contributed by atoms with Crippen molar-refractivity contribution in [1.29, 1.82) is 0 Å². The van der Waals surface area contributed by atoms with Gasteiger partial charge in [-0.3, -0.25) is 14.4 Å². The summed E-state index contributed by atoms with van der Waals surface area (Å²) in [6, 6.07) is 0. The van der Waals surface area contributed by atoms with Crippen LogP contribution in [0.2, 0.25) is 0 Å². The van der Waals surface area contributed by atoms with Crippen LogP contribution in [-0.2, 0) is 38.1 Å². The zero-order valence-electron chi connectivity index (χ0n) is 27.5. The molecular weight excluding hydrogens is 568 g/mol. The molecule has 3 fully saturated rings. The largest absolute Gasteiger partial charge is 0.462 e. The molecule has 0 aromatic rings. The summed E-state index contributed by atoms with van der Waals surface area (Å²) in [6.45, 7) is 7.91. The van der Waals surface area contributed by atoms with Crippen LogP contribution in [0.4, 0.5) is 0 Å². The van der Waals surface area contributed by atoms with E-state index < -0.39 is 48.5 Å². The van der Waals surface area contributed by atoms with Crippen molar-refractivity contribution in [1.82, 2.24) is 0 Å². The van der Waals surface area contributed by atoms with Crippen LogP contribution in [0, 0.1) is 41.4 Å². The van der Waals surface area contributed by atoms with Crippen molar-refractivity contribution in [2.75, 3.05) is 21.3 Å². The highest BCUT2D eigenvalue weighted by atomic mass is 16.6. The number of ketones is 2. The summed E-state index contributed by atoms with van der Waals surface area (Å²) in [7, 11) is 4.61. The van der Waals surface area contributed by atoms with E-state index in [1.54, 1.807) is 7.11 Å². The minimum absolute atomic E-state index is 0.0173. The van der Waals surface area contributed by atoms with Crippen LogP contribution in [0.3, 0.4) is 0 Å². The summed E-state index contributed by atoms with van der Waals surface area (Å²) in [5.74, 6) is -2.99. The third-order valence-electron chi connectivity index (χ3n) is 10.8. The number of hydrogen-bond acceptors (Lipinski definition) is 10. The predicted molar refractivity (Wildman–Crippen MR) is 161 cm³/mol. The molecular formula is C34H54O10. The van der Waals surface area contributed by atoms with Gasteiger partial charge in [0.25, 0.3) is 0 Å². The number of esters is 1.